The van der Waals surface area contributed by atoms with Crippen LogP contribution >= 0.6 is 0 Å². The van der Waals surface area contributed by atoms with Gasteiger partial charge in [-0.05, 0) is 24.3 Å². The van der Waals surface area contributed by atoms with Gasteiger partial charge in [-0.3, -0.25) is 4.98 Å². The van der Waals surface area contributed by atoms with Crippen molar-refractivity contribution in [2.24, 2.45) is 5.73 Å². The van der Waals surface area contributed by atoms with Crippen LogP contribution in [-0.2, 0) is 6.54 Å². The molecule has 2 heterocycles. The molecule has 0 atom stereocenters. The highest BCUT2D eigenvalue weighted by Crippen LogP contribution is 2.22. The highest BCUT2D eigenvalue weighted by Gasteiger charge is 2.19. The first-order chi connectivity index (χ1) is 9.88. The maximum Gasteiger partial charge on any atom is 0.0772 e. The number of anilines is 2. The topological polar surface area (TPSA) is 45.4 Å². The maximum atomic E-state index is 5.78. The molecule has 0 radical (unpaired) electrons. The van der Waals surface area contributed by atoms with E-state index in [4.69, 9.17) is 5.73 Å². The second kappa shape index (κ2) is 5.92. The monoisotopic (exact) mass is 268 g/mol. The number of nitrogens with zero attached hydrogens (tertiary/aromatic N) is 3. The summed E-state index contributed by atoms with van der Waals surface area (Å²) >= 11 is 0. The molecule has 1 aromatic heterocycles. The van der Waals surface area contributed by atoms with Crippen molar-refractivity contribution in [1.29, 1.82) is 0 Å². The summed E-state index contributed by atoms with van der Waals surface area (Å²) in [6, 6.07) is 14.7. The van der Waals surface area contributed by atoms with E-state index in [0.717, 1.165) is 31.9 Å². The molecule has 0 aliphatic carbocycles. The van der Waals surface area contributed by atoms with Crippen molar-refractivity contribution in [2.75, 3.05) is 36.0 Å². The molecule has 0 amide bonds. The number of piperazine rings is 1. The minimum absolute atomic E-state index is 0.495. The van der Waals surface area contributed by atoms with Gasteiger partial charge in [0, 0.05) is 44.6 Å². The molecule has 0 spiro atoms. The summed E-state index contributed by atoms with van der Waals surface area (Å²) in [7, 11) is 0. The summed E-state index contributed by atoms with van der Waals surface area (Å²) in [5.41, 5.74) is 9.25. The Balaban J connectivity index is 1.70. The zero-order chi connectivity index (χ0) is 13.8. The molecule has 20 heavy (non-hydrogen) atoms. The first kappa shape index (κ1) is 12.9. The maximum absolute atomic E-state index is 5.78. The zero-order valence-electron chi connectivity index (χ0n) is 11.6. The molecule has 1 aromatic carbocycles. The SMILES string of the molecule is NCc1ncccc1N1CCN(c2ccccc2)CC1. The summed E-state index contributed by atoms with van der Waals surface area (Å²) in [6.45, 7) is 4.57. The summed E-state index contributed by atoms with van der Waals surface area (Å²) in [5, 5.41) is 0. The largest absolute Gasteiger partial charge is 0.368 e. The van der Waals surface area contributed by atoms with Gasteiger partial charge in [0.1, 0.15) is 0 Å². The molecule has 0 saturated carbocycles. The van der Waals surface area contributed by atoms with E-state index in [9.17, 15) is 0 Å². The van der Waals surface area contributed by atoms with Gasteiger partial charge in [0.05, 0.1) is 11.4 Å². The van der Waals surface area contributed by atoms with Crippen LogP contribution in [-0.4, -0.2) is 31.2 Å². The van der Waals surface area contributed by atoms with Crippen LogP contribution in [0.1, 0.15) is 5.69 Å². The molecule has 2 N–H and O–H groups in total. The van der Waals surface area contributed by atoms with Crippen molar-refractivity contribution in [2.45, 2.75) is 6.54 Å². The van der Waals surface area contributed by atoms with Crippen molar-refractivity contribution in [3.05, 3.63) is 54.4 Å². The summed E-state index contributed by atoms with van der Waals surface area (Å²) in [5.74, 6) is 0. The van der Waals surface area contributed by atoms with E-state index < -0.39 is 0 Å². The molecular weight excluding hydrogens is 248 g/mol. The Labute approximate surface area is 119 Å². The predicted molar refractivity (Wildman–Crippen MR) is 83.0 cm³/mol. The van der Waals surface area contributed by atoms with Crippen LogP contribution in [0.5, 0.6) is 0 Å². The molecule has 0 unspecified atom stereocenters. The van der Waals surface area contributed by atoms with E-state index in [2.05, 4.69) is 51.2 Å². The third-order valence-electron chi connectivity index (χ3n) is 3.80. The average Bonchev–Trinajstić information content (AvgIpc) is 2.56. The van der Waals surface area contributed by atoms with Gasteiger partial charge in [-0.25, -0.2) is 0 Å². The molecule has 0 bridgehead atoms. The Bertz CT molecular complexity index is 547. The Morgan fingerprint density at radius 3 is 2.30 bits per heavy atom. The van der Waals surface area contributed by atoms with Gasteiger partial charge < -0.3 is 15.5 Å². The first-order valence-corrected chi connectivity index (χ1v) is 7.07. The Kier molecular flexibility index (Phi) is 3.83. The average molecular weight is 268 g/mol. The molecular formula is C16H20N4. The Morgan fingerprint density at radius 1 is 0.900 bits per heavy atom. The fourth-order valence-corrected chi connectivity index (χ4v) is 2.72. The van der Waals surface area contributed by atoms with Crippen molar-refractivity contribution >= 4 is 11.4 Å². The lowest BCUT2D eigenvalue weighted by Gasteiger charge is -2.37. The van der Waals surface area contributed by atoms with Crippen molar-refractivity contribution < 1.29 is 0 Å². The van der Waals surface area contributed by atoms with Gasteiger partial charge in [-0.1, -0.05) is 18.2 Å². The fraction of sp³-hybridized carbons (Fsp3) is 0.312. The van der Waals surface area contributed by atoms with E-state index in [1.54, 1.807) is 0 Å². The minimum Gasteiger partial charge on any atom is -0.368 e. The Hall–Kier alpha value is -2.07. The van der Waals surface area contributed by atoms with Crippen LogP contribution in [0.3, 0.4) is 0 Å². The molecule has 3 rings (SSSR count). The number of pyridine rings is 1. The number of aromatic nitrogens is 1. The van der Waals surface area contributed by atoms with Crippen LogP contribution in [0.2, 0.25) is 0 Å². The predicted octanol–water partition coefficient (Wildman–Crippen LogP) is 1.87. The van der Waals surface area contributed by atoms with Crippen LogP contribution < -0.4 is 15.5 Å². The molecule has 1 aliphatic heterocycles. The zero-order valence-corrected chi connectivity index (χ0v) is 11.6. The number of nitrogens with two attached hydrogens (primary N) is 1. The molecule has 1 fully saturated rings. The number of benzene rings is 1. The lowest BCUT2D eigenvalue weighted by Crippen LogP contribution is -2.47. The molecule has 2 aromatic rings. The number of hydrogen-bond acceptors (Lipinski definition) is 4. The van der Waals surface area contributed by atoms with Crippen LogP contribution in [0.15, 0.2) is 48.7 Å². The van der Waals surface area contributed by atoms with Gasteiger partial charge in [0.15, 0.2) is 0 Å². The van der Waals surface area contributed by atoms with Crippen molar-refractivity contribution in [3.63, 3.8) is 0 Å². The smallest absolute Gasteiger partial charge is 0.0772 e. The Morgan fingerprint density at radius 2 is 1.60 bits per heavy atom. The fourth-order valence-electron chi connectivity index (χ4n) is 2.72. The summed E-state index contributed by atoms with van der Waals surface area (Å²) in [6.07, 6.45) is 1.81. The minimum atomic E-state index is 0.495. The molecule has 1 saturated heterocycles. The van der Waals surface area contributed by atoms with Gasteiger partial charge >= 0.3 is 0 Å². The van der Waals surface area contributed by atoms with Gasteiger partial charge in [-0.2, -0.15) is 0 Å². The van der Waals surface area contributed by atoms with E-state index in [1.807, 2.05) is 12.3 Å². The van der Waals surface area contributed by atoms with E-state index >= 15 is 0 Å². The lowest BCUT2D eigenvalue weighted by atomic mass is 10.2. The van der Waals surface area contributed by atoms with Crippen LogP contribution in [0, 0.1) is 0 Å². The molecule has 104 valence electrons. The quantitative estimate of drug-likeness (QED) is 0.923. The lowest BCUT2D eigenvalue weighted by molar-refractivity contribution is 0.649. The normalized spacial score (nSPS) is 15.4. The van der Waals surface area contributed by atoms with Gasteiger partial charge in [0.25, 0.3) is 0 Å². The third-order valence-corrected chi connectivity index (χ3v) is 3.80. The van der Waals surface area contributed by atoms with Gasteiger partial charge in [0.2, 0.25) is 0 Å². The van der Waals surface area contributed by atoms with E-state index in [0.29, 0.717) is 6.54 Å². The van der Waals surface area contributed by atoms with E-state index in [-0.39, 0.29) is 0 Å². The standard InChI is InChI=1S/C16H20N4/c17-13-15-16(7-4-8-18-15)20-11-9-19(10-12-20)14-5-2-1-3-6-14/h1-8H,9-13,17H2. The second-order valence-electron chi connectivity index (χ2n) is 4.98. The summed E-state index contributed by atoms with van der Waals surface area (Å²) < 4.78 is 0. The van der Waals surface area contributed by atoms with Crippen LogP contribution in [0.25, 0.3) is 0 Å². The van der Waals surface area contributed by atoms with Crippen molar-refractivity contribution in [1.82, 2.24) is 4.98 Å². The number of rotatable bonds is 3. The molecule has 4 heteroatoms. The first-order valence-electron chi connectivity index (χ1n) is 7.07. The highest BCUT2D eigenvalue weighted by atomic mass is 15.3. The van der Waals surface area contributed by atoms with Crippen LogP contribution in [0.4, 0.5) is 11.4 Å². The van der Waals surface area contributed by atoms with Gasteiger partial charge in [-0.15, -0.1) is 0 Å². The summed E-state index contributed by atoms with van der Waals surface area (Å²) in [4.78, 5) is 9.18. The molecule has 1 aliphatic rings. The van der Waals surface area contributed by atoms with E-state index in [1.165, 1.54) is 11.4 Å². The highest BCUT2D eigenvalue weighted by molar-refractivity contribution is 5.53. The van der Waals surface area contributed by atoms with Crippen molar-refractivity contribution in [3.8, 4) is 0 Å². The second-order valence-corrected chi connectivity index (χ2v) is 4.98. The molecule has 4 nitrogen and oxygen atoms in total. The number of hydrogen-bond donors (Lipinski definition) is 1. The third kappa shape index (κ3) is 2.60. The number of para-hydroxylation sites is 1.